The van der Waals surface area contributed by atoms with Crippen LogP contribution < -0.4 is 0 Å². The highest BCUT2D eigenvalue weighted by molar-refractivity contribution is 5.18. The first kappa shape index (κ1) is 9.69. The van der Waals surface area contributed by atoms with Gasteiger partial charge in [0.15, 0.2) is 0 Å². The Hall–Kier alpha value is -0.860. The van der Waals surface area contributed by atoms with Crippen molar-refractivity contribution in [2.24, 2.45) is 0 Å². The second-order valence-corrected chi connectivity index (χ2v) is 4.09. The first-order chi connectivity index (χ1) is 6.73. The molecular weight excluding hydrogens is 176 g/mol. The summed E-state index contributed by atoms with van der Waals surface area (Å²) in [6.45, 7) is 4.21. The van der Waals surface area contributed by atoms with Crippen LogP contribution >= 0.6 is 0 Å². The van der Waals surface area contributed by atoms with Gasteiger partial charge in [-0.15, -0.1) is 0 Å². The molecule has 2 rings (SSSR count). The summed E-state index contributed by atoms with van der Waals surface area (Å²) in [5.74, 6) is 0. The zero-order chi connectivity index (χ0) is 10.0. The largest absolute Gasteiger partial charge is 0.230 e. The summed E-state index contributed by atoms with van der Waals surface area (Å²) in [5.41, 5.74) is 1.09. The van der Waals surface area contributed by atoms with Crippen molar-refractivity contribution in [1.29, 1.82) is 0 Å². The van der Waals surface area contributed by atoms with Gasteiger partial charge in [0, 0.05) is 6.42 Å². The lowest BCUT2D eigenvalue weighted by molar-refractivity contribution is -0.324. The smallest absolute Gasteiger partial charge is 0.121 e. The number of benzene rings is 1. The lowest BCUT2D eigenvalue weighted by atomic mass is 9.93. The highest BCUT2D eigenvalue weighted by Gasteiger charge is 2.37. The Bertz CT molecular complexity index is 296. The monoisotopic (exact) mass is 192 g/mol. The predicted molar refractivity (Wildman–Crippen MR) is 54.7 cm³/mol. The summed E-state index contributed by atoms with van der Waals surface area (Å²) in [7, 11) is 0. The molecule has 1 saturated heterocycles. The van der Waals surface area contributed by atoms with Crippen LogP contribution in [0.2, 0.25) is 0 Å². The lowest BCUT2D eigenvalue weighted by Gasteiger charge is -2.16. The summed E-state index contributed by atoms with van der Waals surface area (Å²) in [5, 5.41) is 0. The minimum absolute atomic E-state index is 0.0983. The third-order valence-corrected chi connectivity index (χ3v) is 2.90. The zero-order valence-electron chi connectivity index (χ0n) is 8.69. The first-order valence-corrected chi connectivity index (χ1v) is 5.13. The van der Waals surface area contributed by atoms with Crippen LogP contribution in [0.5, 0.6) is 0 Å². The van der Waals surface area contributed by atoms with Crippen molar-refractivity contribution in [3.05, 3.63) is 35.9 Å². The summed E-state index contributed by atoms with van der Waals surface area (Å²) < 4.78 is 0. The van der Waals surface area contributed by atoms with Crippen molar-refractivity contribution in [2.45, 2.75) is 38.4 Å². The molecule has 0 aliphatic carbocycles. The van der Waals surface area contributed by atoms with Gasteiger partial charge in [-0.25, -0.2) is 9.78 Å². The van der Waals surface area contributed by atoms with Crippen LogP contribution in [0.4, 0.5) is 0 Å². The van der Waals surface area contributed by atoms with E-state index in [-0.39, 0.29) is 11.7 Å². The van der Waals surface area contributed by atoms with E-state index in [9.17, 15) is 0 Å². The molecular formula is C12H16O2. The Morgan fingerprint density at radius 1 is 1.36 bits per heavy atom. The van der Waals surface area contributed by atoms with E-state index < -0.39 is 0 Å². The van der Waals surface area contributed by atoms with Crippen molar-refractivity contribution in [2.75, 3.05) is 0 Å². The zero-order valence-corrected chi connectivity index (χ0v) is 8.69. The molecule has 1 aromatic carbocycles. The van der Waals surface area contributed by atoms with Gasteiger partial charge in [-0.3, -0.25) is 0 Å². The molecule has 1 heterocycles. The summed E-state index contributed by atoms with van der Waals surface area (Å²) in [6, 6.07) is 10.2. The van der Waals surface area contributed by atoms with Crippen molar-refractivity contribution in [3.63, 3.8) is 0 Å². The number of hydrogen-bond donors (Lipinski definition) is 0. The molecule has 0 amide bonds. The molecule has 0 spiro atoms. The van der Waals surface area contributed by atoms with Crippen LogP contribution in [0.25, 0.3) is 0 Å². The minimum atomic E-state index is -0.111. The van der Waals surface area contributed by atoms with Gasteiger partial charge in [-0.2, -0.15) is 0 Å². The SMILES string of the molecule is CCC1(C)CC(c2ccccc2)OO1. The quantitative estimate of drug-likeness (QED) is 0.670. The minimum Gasteiger partial charge on any atom is -0.230 e. The lowest BCUT2D eigenvalue weighted by Crippen LogP contribution is -2.20. The maximum atomic E-state index is 5.36. The van der Waals surface area contributed by atoms with Gasteiger partial charge >= 0.3 is 0 Å². The standard InChI is InChI=1S/C12H16O2/c1-3-12(2)9-11(13-14-12)10-7-5-4-6-8-10/h4-8,11H,3,9H2,1-2H3. The highest BCUT2D eigenvalue weighted by atomic mass is 17.2. The fraction of sp³-hybridized carbons (Fsp3) is 0.500. The van der Waals surface area contributed by atoms with Gasteiger partial charge in [0.1, 0.15) is 11.7 Å². The topological polar surface area (TPSA) is 18.5 Å². The fourth-order valence-corrected chi connectivity index (χ4v) is 1.68. The van der Waals surface area contributed by atoms with E-state index in [0.717, 1.165) is 12.8 Å². The predicted octanol–water partition coefficient (Wildman–Crippen LogP) is 3.25. The molecule has 1 aliphatic heterocycles. The summed E-state index contributed by atoms with van der Waals surface area (Å²) >= 11 is 0. The van der Waals surface area contributed by atoms with Crippen LogP contribution in [0, 0.1) is 0 Å². The van der Waals surface area contributed by atoms with Gasteiger partial charge in [-0.05, 0) is 18.9 Å². The Morgan fingerprint density at radius 3 is 2.64 bits per heavy atom. The second-order valence-electron chi connectivity index (χ2n) is 4.09. The molecule has 1 fully saturated rings. The molecule has 0 radical (unpaired) electrons. The van der Waals surface area contributed by atoms with Crippen LogP contribution in [0.1, 0.15) is 38.4 Å². The Morgan fingerprint density at radius 2 is 2.07 bits per heavy atom. The van der Waals surface area contributed by atoms with Crippen molar-refractivity contribution < 1.29 is 9.78 Å². The molecule has 2 nitrogen and oxygen atoms in total. The molecule has 2 atom stereocenters. The molecule has 0 aromatic heterocycles. The van der Waals surface area contributed by atoms with Crippen molar-refractivity contribution in [1.82, 2.24) is 0 Å². The Kier molecular flexibility index (Phi) is 2.57. The van der Waals surface area contributed by atoms with E-state index >= 15 is 0 Å². The van der Waals surface area contributed by atoms with Gasteiger partial charge in [0.05, 0.1) is 0 Å². The van der Waals surface area contributed by atoms with E-state index in [1.54, 1.807) is 0 Å². The van der Waals surface area contributed by atoms with E-state index in [1.165, 1.54) is 5.56 Å². The van der Waals surface area contributed by atoms with Crippen LogP contribution in [-0.2, 0) is 9.78 Å². The number of rotatable bonds is 2. The van der Waals surface area contributed by atoms with Gasteiger partial charge < -0.3 is 0 Å². The van der Waals surface area contributed by atoms with Crippen LogP contribution in [0.15, 0.2) is 30.3 Å². The number of hydrogen-bond acceptors (Lipinski definition) is 2. The van der Waals surface area contributed by atoms with Crippen molar-refractivity contribution >= 4 is 0 Å². The normalized spacial score (nSPS) is 32.0. The maximum Gasteiger partial charge on any atom is 0.121 e. The summed E-state index contributed by atoms with van der Waals surface area (Å²) in [4.78, 5) is 10.7. The molecule has 14 heavy (non-hydrogen) atoms. The third-order valence-electron chi connectivity index (χ3n) is 2.90. The van der Waals surface area contributed by atoms with E-state index in [1.807, 2.05) is 18.2 Å². The van der Waals surface area contributed by atoms with Crippen LogP contribution in [-0.4, -0.2) is 5.60 Å². The highest BCUT2D eigenvalue weighted by Crippen LogP contribution is 2.39. The van der Waals surface area contributed by atoms with Gasteiger partial charge in [0.25, 0.3) is 0 Å². The molecule has 1 aliphatic rings. The van der Waals surface area contributed by atoms with Crippen molar-refractivity contribution in [3.8, 4) is 0 Å². The van der Waals surface area contributed by atoms with E-state index in [0.29, 0.717) is 0 Å². The molecule has 0 N–H and O–H groups in total. The van der Waals surface area contributed by atoms with E-state index in [2.05, 4.69) is 26.0 Å². The fourth-order valence-electron chi connectivity index (χ4n) is 1.68. The summed E-state index contributed by atoms with van der Waals surface area (Å²) in [6.07, 6.45) is 2.02. The average molecular weight is 192 g/mol. The molecule has 76 valence electrons. The molecule has 0 saturated carbocycles. The van der Waals surface area contributed by atoms with Gasteiger partial charge in [0.2, 0.25) is 0 Å². The third kappa shape index (κ3) is 1.81. The van der Waals surface area contributed by atoms with E-state index in [4.69, 9.17) is 9.78 Å². The average Bonchev–Trinajstić information content (AvgIpc) is 2.63. The first-order valence-electron chi connectivity index (χ1n) is 5.13. The van der Waals surface area contributed by atoms with Crippen LogP contribution in [0.3, 0.4) is 0 Å². The Balaban J connectivity index is 2.10. The molecule has 1 aromatic rings. The van der Waals surface area contributed by atoms with Gasteiger partial charge in [-0.1, -0.05) is 37.3 Å². The Labute approximate surface area is 84.8 Å². The molecule has 2 heteroatoms. The molecule has 2 unspecified atom stereocenters. The maximum absolute atomic E-state index is 5.36. The second kappa shape index (κ2) is 3.71. The molecule has 0 bridgehead atoms.